The molecule has 2 aromatic rings. The number of rotatable bonds is 2. The molecule has 0 aliphatic heterocycles. The van der Waals surface area contributed by atoms with E-state index in [4.69, 9.17) is 5.73 Å². The number of nitrogens with zero attached hydrogens (tertiary/aromatic N) is 2. The van der Waals surface area contributed by atoms with Crippen molar-refractivity contribution in [3.63, 3.8) is 0 Å². The van der Waals surface area contributed by atoms with Crippen molar-refractivity contribution < 1.29 is 0 Å². The first-order valence-electron chi connectivity index (χ1n) is 5.65. The van der Waals surface area contributed by atoms with Crippen LogP contribution in [0, 0.1) is 6.92 Å². The van der Waals surface area contributed by atoms with Crippen LogP contribution in [0.15, 0.2) is 30.6 Å². The summed E-state index contributed by atoms with van der Waals surface area (Å²) in [6.07, 6.45) is 6.58. The number of nitrogen functional groups attached to an aromatic ring is 1. The second-order valence-corrected chi connectivity index (χ2v) is 4.51. The Bertz CT molecular complexity index is 524. The molecule has 0 unspecified atom stereocenters. The summed E-state index contributed by atoms with van der Waals surface area (Å²) < 4.78 is 2.07. The predicted octanol–water partition coefficient (Wildman–Crippen LogP) is 2.78. The summed E-state index contributed by atoms with van der Waals surface area (Å²) in [6, 6.07) is 6.64. The molecule has 1 aliphatic carbocycles. The quantitative estimate of drug-likeness (QED) is 0.779. The topological polar surface area (TPSA) is 43.8 Å². The molecule has 1 aliphatic rings. The van der Waals surface area contributed by atoms with Crippen molar-refractivity contribution in [2.24, 2.45) is 0 Å². The number of hydrogen-bond donors (Lipinski definition) is 1. The van der Waals surface area contributed by atoms with Crippen LogP contribution in [-0.2, 0) is 0 Å². The van der Waals surface area contributed by atoms with Crippen molar-refractivity contribution >= 4 is 5.69 Å². The van der Waals surface area contributed by atoms with Crippen molar-refractivity contribution in [3.05, 3.63) is 36.2 Å². The number of aromatic nitrogens is 2. The first-order valence-corrected chi connectivity index (χ1v) is 5.65. The van der Waals surface area contributed by atoms with Gasteiger partial charge in [0.2, 0.25) is 0 Å². The Morgan fingerprint density at radius 1 is 1.38 bits per heavy atom. The Morgan fingerprint density at radius 3 is 2.94 bits per heavy atom. The first-order chi connectivity index (χ1) is 7.74. The van der Waals surface area contributed by atoms with Crippen LogP contribution in [0.5, 0.6) is 0 Å². The van der Waals surface area contributed by atoms with E-state index in [9.17, 15) is 0 Å². The minimum absolute atomic E-state index is 0.634. The lowest BCUT2D eigenvalue weighted by atomic mass is 10.0. The summed E-state index contributed by atoms with van der Waals surface area (Å²) in [7, 11) is 0. The molecule has 3 rings (SSSR count). The van der Waals surface area contributed by atoms with Gasteiger partial charge in [-0.2, -0.15) is 5.10 Å². The Kier molecular flexibility index (Phi) is 1.99. The van der Waals surface area contributed by atoms with E-state index in [-0.39, 0.29) is 0 Å². The molecule has 0 bridgehead atoms. The molecule has 1 saturated carbocycles. The highest BCUT2D eigenvalue weighted by Gasteiger charge is 2.24. The summed E-state index contributed by atoms with van der Waals surface area (Å²) in [5.74, 6) is 0. The van der Waals surface area contributed by atoms with E-state index in [0.717, 1.165) is 11.3 Å². The van der Waals surface area contributed by atoms with E-state index >= 15 is 0 Å². The van der Waals surface area contributed by atoms with Crippen LogP contribution in [0.4, 0.5) is 5.69 Å². The van der Waals surface area contributed by atoms with Gasteiger partial charge >= 0.3 is 0 Å². The predicted molar refractivity (Wildman–Crippen MR) is 65.1 cm³/mol. The number of hydrogen-bond acceptors (Lipinski definition) is 2. The highest BCUT2D eigenvalue weighted by Crippen LogP contribution is 2.35. The van der Waals surface area contributed by atoms with E-state index in [1.54, 1.807) is 0 Å². The summed E-state index contributed by atoms with van der Waals surface area (Å²) in [4.78, 5) is 0. The summed E-state index contributed by atoms with van der Waals surface area (Å²) in [5, 5.41) is 4.40. The highest BCUT2D eigenvalue weighted by molar-refractivity contribution is 5.69. The molecule has 1 heterocycles. The third-order valence-electron chi connectivity index (χ3n) is 3.10. The molecular weight excluding hydrogens is 198 g/mol. The van der Waals surface area contributed by atoms with Crippen molar-refractivity contribution in [1.29, 1.82) is 0 Å². The standard InChI is InChI=1S/C13H15N3/c1-9-2-3-11(14)6-13(9)10-7-15-16(8-10)12-4-5-12/h2-3,6-8,12H,4-5,14H2,1H3. The van der Waals surface area contributed by atoms with Crippen LogP contribution in [0.2, 0.25) is 0 Å². The number of anilines is 1. The van der Waals surface area contributed by atoms with Gasteiger partial charge in [-0.15, -0.1) is 0 Å². The van der Waals surface area contributed by atoms with E-state index in [2.05, 4.69) is 29.0 Å². The largest absolute Gasteiger partial charge is 0.399 e. The van der Waals surface area contributed by atoms with Gasteiger partial charge in [-0.3, -0.25) is 4.68 Å². The van der Waals surface area contributed by atoms with Gasteiger partial charge in [0.15, 0.2) is 0 Å². The van der Waals surface area contributed by atoms with Crippen LogP contribution in [-0.4, -0.2) is 9.78 Å². The van der Waals surface area contributed by atoms with Crippen LogP contribution in [0.3, 0.4) is 0 Å². The maximum absolute atomic E-state index is 5.82. The van der Waals surface area contributed by atoms with Gasteiger partial charge in [0.25, 0.3) is 0 Å². The molecule has 3 nitrogen and oxygen atoms in total. The maximum Gasteiger partial charge on any atom is 0.0568 e. The Labute approximate surface area is 94.9 Å². The average molecular weight is 213 g/mol. The van der Waals surface area contributed by atoms with E-state index in [1.807, 2.05) is 18.3 Å². The van der Waals surface area contributed by atoms with E-state index in [0.29, 0.717) is 6.04 Å². The minimum Gasteiger partial charge on any atom is -0.399 e. The zero-order chi connectivity index (χ0) is 11.1. The highest BCUT2D eigenvalue weighted by atomic mass is 15.3. The molecule has 1 fully saturated rings. The van der Waals surface area contributed by atoms with Crippen molar-refractivity contribution in [1.82, 2.24) is 9.78 Å². The number of aryl methyl sites for hydroxylation is 1. The van der Waals surface area contributed by atoms with Crippen LogP contribution >= 0.6 is 0 Å². The van der Waals surface area contributed by atoms with Gasteiger partial charge in [0.1, 0.15) is 0 Å². The van der Waals surface area contributed by atoms with E-state index in [1.165, 1.54) is 24.0 Å². The van der Waals surface area contributed by atoms with Crippen molar-refractivity contribution in [3.8, 4) is 11.1 Å². The number of benzene rings is 1. The number of nitrogens with two attached hydrogens (primary N) is 1. The molecule has 0 atom stereocenters. The molecule has 1 aromatic heterocycles. The van der Waals surface area contributed by atoms with Gasteiger partial charge in [-0.25, -0.2) is 0 Å². The van der Waals surface area contributed by atoms with E-state index < -0.39 is 0 Å². The lowest BCUT2D eigenvalue weighted by Crippen LogP contribution is -1.92. The van der Waals surface area contributed by atoms with Gasteiger partial charge in [0, 0.05) is 17.4 Å². The Hall–Kier alpha value is -1.77. The van der Waals surface area contributed by atoms with Gasteiger partial charge < -0.3 is 5.73 Å². The first kappa shape index (κ1) is 9.46. The second-order valence-electron chi connectivity index (χ2n) is 4.51. The monoisotopic (exact) mass is 213 g/mol. The van der Waals surface area contributed by atoms with Gasteiger partial charge in [-0.05, 0) is 43.0 Å². The Balaban J connectivity index is 2.03. The maximum atomic E-state index is 5.82. The van der Waals surface area contributed by atoms with Crippen LogP contribution < -0.4 is 5.73 Å². The molecule has 16 heavy (non-hydrogen) atoms. The normalized spacial score (nSPS) is 15.3. The molecule has 2 N–H and O–H groups in total. The molecule has 0 saturated heterocycles. The summed E-state index contributed by atoms with van der Waals surface area (Å²) in [5.41, 5.74) is 10.2. The molecule has 0 amide bonds. The average Bonchev–Trinajstić information content (AvgIpc) is 3.01. The fourth-order valence-electron chi connectivity index (χ4n) is 1.97. The molecule has 0 radical (unpaired) electrons. The molecule has 82 valence electrons. The zero-order valence-corrected chi connectivity index (χ0v) is 9.35. The lowest BCUT2D eigenvalue weighted by molar-refractivity contribution is 0.642. The minimum atomic E-state index is 0.634. The molecular formula is C13H15N3. The molecule has 3 heteroatoms. The SMILES string of the molecule is Cc1ccc(N)cc1-c1cnn(C2CC2)c1. The van der Waals surface area contributed by atoms with Gasteiger partial charge in [-0.1, -0.05) is 6.07 Å². The third kappa shape index (κ3) is 1.58. The smallest absolute Gasteiger partial charge is 0.0568 e. The molecule has 0 spiro atoms. The Morgan fingerprint density at radius 2 is 2.19 bits per heavy atom. The van der Waals surface area contributed by atoms with Crippen molar-refractivity contribution in [2.45, 2.75) is 25.8 Å². The fourth-order valence-corrected chi connectivity index (χ4v) is 1.97. The van der Waals surface area contributed by atoms with Crippen molar-refractivity contribution in [2.75, 3.05) is 5.73 Å². The fraction of sp³-hybridized carbons (Fsp3) is 0.308. The van der Waals surface area contributed by atoms with Gasteiger partial charge in [0.05, 0.1) is 12.2 Å². The second kappa shape index (κ2) is 3.37. The lowest BCUT2D eigenvalue weighted by Gasteiger charge is -2.04. The summed E-state index contributed by atoms with van der Waals surface area (Å²) >= 11 is 0. The van der Waals surface area contributed by atoms with Crippen LogP contribution in [0.1, 0.15) is 24.4 Å². The van der Waals surface area contributed by atoms with Crippen LogP contribution in [0.25, 0.3) is 11.1 Å². The summed E-state index contributed by atoms with van der Waals surface area (Å²) in [6.45, 7) is 2.10. The molecule has 1 aromatic carbocycles. The third-order valence-corrected chi connectivity index (χ3v) is 3.10. The zero-order valence-electron chi connectivity index (χ0n) is 9.35.